The number of ether oxygens (including phenoxy) is 1. The van der Waals surface area contributed by atoms with Crippen molar-refractivity contribution in [1.29, 1.82) is 0 Å². The Morgan fingerprint density at radius 3 is 2.80 bits per heavy atom. The average Bonchev–Trinajstić information content (AvgIpc) is 2.93. The molecule has 1 heterocycles. The zero-order valence-electron chi connectivity index (χ0n) is 9.88. The molecule has 0 saturated carbocycles. The second-order valence-corrected chi connectivity index (χ2v) is 4.65. The number of allylic oxidation sites excluding steroid dienone is 1. The highest BCUT2D eigenvalue weighted by atomic mass is 16.6. The Hall–Kier alpha value is -0.830. The Bertz CT molecular complexity index is 248. The number of esters is 1. The molecule has 1 fully saturated rings. The van der Waals surface area contributed by atoms with Gasteiger partial charge in [-0.2, -0.15) is 0 Å². The van der Waals surface area contributed by atoms with Gasteiger partial charge in [0.15, 0.2) is 0 Å². The van der Waals surface area contributed by atoms with Gasteiger partial charge in [-0.3, -0.25) is 10.1 Å². The van der Waals surface area contributed by atoms with Gasteiger partial charge in [-0.25, -0.2) is 0 Å². The SMILES string of the molecule is C=CCC[C@@H]1N[C@H]1C(=O)OC(C)(C)CC. The molecule has 3 nitrogen and oxygen atoms in total. The van der Waals surface area contributed by atoms with E-state index in [0.717, 1.165) is 19.3 Å². The van der Waals surface area contributed by atoms with Crippen molar-refractivity contribution in [3.8, 4) is 0 Å². The predicted molar refractivity (Wildman–Crippen MR) is 60.6 cm³/mol. The molecule has 1 aliphatic heterocycles. The van der Waals surface area contributed by atoms with Gasteiger partial charge in [-0.1, -0.05) is 13.0 Å². The van der Waals surface area contributed by atoms with Crippen LogP contribution in [0, 0.1) is 0 Å². The third-order valence-corrected chi connectivity index (χ3v) is 2.85. The highest BCUT2D eigenvalue weighted by molar-refractivity contribution is 5.80. The van der Waals surface area contributed by atoms with E-state index in [4.69, 9.17) is 4.74 Å². The highest BCUT2D eigenvalue weighted by Gasteiger charge is 2.44. The molecule has 0 bridgehead atoms. The van der Waals surface area contributed by atoms with Crippen molar-refractivity contribution in [2.75, 3.05) is 0 Å². The Labute approximate surface area is 91.9 Å². The molecule has 1 rings (SSSR count). The molecule has 1 aliphatic rings. The number of hydrogen-bond acceptors (Lipinski definition) is 3. The molecular weight excluding hydrogens is 190 g/mol. The summed E-state index contributed by atoms with van der Waals surface area (Å²) in [5, 5.41) is 3.13. The van der Waals surface area contributed by atoms with E-state index in [1.165, 1.54) is 0 Å². The second kappa shape index (κ2) is 4.79. The van der Waals surface area contributed by atoms with Crippen molar-refractivity contribution < 1.29 is 9.53 Å². The monoisotopic (exact) mass is 211 g/mol. The average molecular weight is 211 g/mol. The molecule has 0 aromatic heterocycles. The smallest absolute Gasteiger partial charge is 0.325 e. The van der Waals surface area contributed by atoms with Crippen LogP contribution in [-0.4, -0.2) is 23.7 Å². The van der Waals surface area contributed by atoms with Gasteiger partial charge in [0.05, 0.1) is 0 Å². The Kier molecular flexibility index (Phi) is 3.91. The minimum Gasteiger partial charge on any atom is -0.458 e. The fourth-order valence-corrected chi connectivity index (χ4v) is 1.36. The van der Waals surface area contributed by atoms with Crippen molar-refractivity contribution in [3.63, 3.8) is 0 Å². The van der Waals surface area contributed by atoms with Crippen LogP contribution in [0.4, 0.5) is 0 Å². The molecular formula is C12H21NO2. The van der Waals surface area contributed by atoms with Gasteiger partial charge in [0, 0.05) is 6.04 Å². The molecule has 0 aliphatic carbocycles. The first-order valence-corrected chi connectivity index (χ1v) is 5.60. The topological polar surface area (TPSA) is 48.2 Å². The summed E-state index contributed by atoms with van der Waals surface area (Å²) >= 11 is 0. The van der Waals surface area contributed by atoms with Crippen molar-refractivity contribution in [1.82, 2.24) is 5.32 Å². The summed E-state index contributed by atoms with van der Waals surface area (Å²) in [6, 6.07) is 0.207. The summed E-state index contributed by atoms with van der Waals surface area (Å²) in [5.74, 6) is -0.115. The Morgan fingerprint density at radius 1 is 1.60 bits per heavy atom. The number of carbonyl (C=O) groups is 1. The Morgan fingerprint density at radius 2 is 2.27 bits per heavy atom. The van der Waals surface area contributed by atoms with E-state index in [1.54, 1.807) is 0 Å². The minimum atomic E-state index is -0.343. The first-order valence-electron chi connectivity index (χ1n) is 5.60. The maximum Gasteiger partial charge on any atom is 0.325 e. The number of hydrogen-bond donors (Lipinski definition) is 1. The molecule has 0 unspecified atom stereocenters. The van der Waals surface area contributed by atoms with Crippen LogP contribution in [0.2, 0.25) is 0 Å². The first kappa shape index (κ1) is 12.2. The largest absolute Gasteiger partial charge is 0.458 e. The van der Waals surface area contributed by atoms with E-state index in [9.17, 15) is 4.79 Å². The summed E-state index contributed by atoms with van der Waals surface area (Å²) in [6.45, 7) is 9.55. The summed E-state index contributed by atoms with van der Waals surface area (Å²) in [5.41, 5.74) is -0.343. The van der Waals surface area contributed by atoms with E-state index in [0.29, 0.717) is 6.04 Å². The fraction of sp³-hybridized carbons (Fsp3) is 0.750. The summed E-state index contributed by atoms with van der Waals surface area (Å²) in [7, 11) is 0. The maximum absolute atomic E-state index is 11.6. The van der Waals surface area contributed by atoms with Crippen LogP contribution in [0.25, 0.3) is 0 Å². The molecule has 3 heteroatoms. The van der Waals surface area contributed by atoms with Crippen molar-refractivity contribution in [2.45, 2.75) is 57.7 Å². The normalized spacial score (nSPS) is 24.7. The van der Waals surface area contributed by atoms with Gasteiger partial charge in [-0.05, 0) is 33.1 Å². The standard InChI is InChI=1S/C12H21NO2/c1-5-7-8-9-10(13-9)11(14)15-12(3,4)6-2/h5,9-10,13H,1,6-8H2,2-4H3/t9-,10+/m0/s1. The van der Waals surface area contributed by atoms with Gasteiger partial charge in [0.1, 0.15) is 11.6 Å². The zero-order chi connectivity index (χ0) is 11.5. The van der Waals surface area contributed by atoms with Gasteiger partial charge in [0.2, 0.25) is 0 Å². The number of nitrogens with one attached hydrogen (secondary N) is 1. The lowest BCUT2D eigenvalue weighted by molar-refractivity contribution is -0.156. The molecule has 2 atom stereocenters. The summed E-state index contributed by atoms with van der Waals surface area (Å²) in [6.07, 6.45) is 4.62. The van der Waals surface area contributed by atoms with Crippen molar-refractivity contribution in [3.05, 3.63) is 12.7 Å². The quantitative estimate of drug-likeness (QED) is 0.415. The van der Waals surface area contributed by atoms with Crippen molar-refractivity contribution >= 4 is 5.97 Å². The maximum atomic E-state index is 11.6. The van der Waals surface area contributed by atoms with Crippen LogP contribution in [0.15, 0.2) is 12.7 Å². The number of carbonyl (C=O) groups excluding carboxylic acids is 1. The molecule has 15 heavy (non-hydrogen) atoms. The molecule has 0 amide bonds. The van der Waals surface area contributed by atoms with Crippen LogP contribution in [0.5, 0.6) is 0 Å². The zero-order valence-corrected chi connectivity index (χ0v) is 9.88. The van der Waals surface area contributed by atoms with Crippen molar-refractivity contribution in [2.24, 2.45) is 0 Å². The molecule has 0 aromatic rings. The van der Waals surface area contributed by atoms with E-state index < -0.39 is 0 Å². The van der Waals surface area contributed by atoms with E-state index in [-0.39, 0.29) is 17.6 Å². The molecule has 0 aromatic carbocycles. The third-order valence-electron chi connectivity index (χ3n) is 2.85. The first-order chi connectivity index (χ1) is 7.00. The van der Waals surface area contributed by atoms with Gasteiger partial charge >= 0.3 is 5.97 Å². The molecule has 0 radical (unpaired) electrons. The summed E-state index contributed by atoms with van der Waals surface area (Å²) < 4.78 is 5.39. The van der Waals surface area contributed by atoms with Gasteiger partial charge < -0.3 is 4.74 Å². The second-order valence-electron chi connectivity index (χ2n) is 4.65. The van der Waals surface area contributed by atoms with E-state index in [1.807, 2.05) is 26.8 Å². The number of rotatable bonds is 6. The van der Waals surface area contributed by atoms with Gasteiger partial charge in [0.25, 0.3) is 0 Å². The van der Waals surface area contributed by atoms with E-state index >= 15 is 0 Å². The lowest BCUT2D eigenvalue weighted by atomic mass is 10.1. The summed E-state index contributed by atoms with van der Waals surface area (Å²) in [4.78, 5) is 11.6. The fourth-order valence-electron chi connectivity index (χ4n) is 1.36. The molecule has 1 N–H and O–H groups in total. The van der Waals surface area contributed by atoms with Gasteiger partial charge in [-0.15, -0.1) is 6.58 Å². The third kappa shape index (κ3) is 3.67. The van der Waals surface area contributed by atoms with Crippen LogP contribution in [-0.2, 0) is 9.53 Å². The molecule has 86 valence electrons. The molecule has 0 spiro atoms. The van der Waals surface area contributed by atoms with Crippen LogP contribution in [0.1, 0.15) is 40.0 Å². The Balaban J connectivity index is 2.29. The lowest BCUT2D eigenvalue weighted by Gasteiger charge is -2.23. The lowest BCUT2D eigenvalue weighted by Crippen LogP contribution is -2.30. The molecule has 1 saturated heterocycles. The van der Waals surface area contributed by atoms with Crippen LogP contribution in [0.3, 0.4) is 0 Å². The predicted octanol–water partition coefficient (Wildman–Crippen LogP) is 2.02. The van der Waals surface area contributed by atoms with E-state index in [2.05, 4.69) is 11.9 Å². The highest BCUT2D eigenvalue weighted by Crippen LogP contribution is 2.22. The van der Waals surface area contributed by atoms with Crippen LogP contribution >= 0.6 is 0 Å². The minimum absolute atomic E-state index is 0.0872. The van der Waals surface area contributed by atoms with Crippen LogP contribution < -0.4 is 5.32 Å².